The van der Waals surface area contributed by atoms with Gasteiger partial charge in [-0.25, -0.2) is 12.8 Å². The maximum atomic E-state index is 14.2. The lowest BCUT2D eigenvalue weighted by molar-refractivity contribution is 0.588. The maximum absolute atomic E-state index is 14.2. The first-order chi connectivity index (χ1) is 11.5. The molecule has 0 spiro atoms. The number of halogens is 1. The predicted octanol–water partition coefficient (Wildman–Crippen LogP) is 3.56. The normalized spacial score (nSPS) is 14.8. The third-order valence-corrected chi connectivity index (χ3v) is 5.98. The lowest BCUT2D eigenvalue weighted by Gasteiger charge is -2.19. The Labute approximate surface area is 138 Å². The second-order valence-electron chi connectivity index (χ2n) is 5.56. The molecule has 0 amide bonds. The molecule has 0 bridgehead atoms. The van der Waals surface area contributed by atoms with Crippen molar-refractivity contribution >= 4 is 26.5 Å². The first kappa shape index (κ1) is 14.7. The number of nitrogens with zero attached hydrogens (tertiary/aromatic N) is 2. The summed E-state index contributed by atoms with van der Waals surface area (Å²) in [5, 5.41) is 10.3. The zero-order valence-corrected chi connectivity index (χ0v) is 13.2. The van der Waals surface area contributed by atoms with E-state index in [0.29, 0.717) is 11.1 Å². The molecule has 0 saturated heterocycles. The van der Waals surface area contributed by atoms with Gasteiger partial charge < -0.3 is 0 Å². The first-order valence-electron chi connectivity index (χ1n) is 7.25. The summed E-state index contributed by atoms with van der Waals surface area (Å²) in [6.45, 7) is -0.117. The van der Waals surface area contributed by atoms with Crippen LogP contribution in [0.1, 0.15) is 11.1 Å². The number of hydrogen-bond acceptors (Lipinski definition) is 3. The van der Waals surface area contributed by atoms with E-state index in [0.717, 1.165) is 11.5 Å². The van der Waals surface area contributed by atoms with Gasteiger partial charge in [0.25, 0.3) is 10.0 Å². The molecule has 0 radical (unpaired) electrons. The maximum Gasteiger partial charge on any atom is 0.265 e. The average molecular weight is 338 g/mol. The quantitative estimate of drug-likeness (QED) is 0.718. The van der Waals surface area contributed by atoms with Crippen molar-refractivity contribution < 1.29 is 12.8 Å². The highest BCUT2D eigenvalue weighted by molar-refractivity contribution is 7.93. The molecule has 0 aromatic heterocycles. The zero-order chi connectivity index (χ0) is 16.9. The number of rotatable bonds is 2. The van der Waals surface area contributed by atoms with E-state index in [9.17, 15) is 12.8 Å². The molecule has 3 aromatic rings. The first-order valence-corrected chi connectivity index (χ1v) is 8.69. The number of hydrogen-bond donors (Lipinski definition) is 0. The highest BCUT2D eigenvalue weighted by Gasteiger charge is 2.35. The Bertz CT molecular complexity index is 1130. The van der Waals surface area contributed by atoms with Crippen molar-refractivity contribution in [2.24, 2.45) is 0 Å². The Kier molecular flexibility index (Phi) is 3.08. The Hall–Kier alpha value is -2.91. The Morgan fingerprint density at radius 3 is 2.54 bits per heavy atom. The zero-order valence-electron chi connectivity index (χ0n) is 12.4. The van der Waals surface area contributed by atoms with Crippen LogP contribution in [0.25, 0.3) is 10.8 Å². The lowest BCUT2D eigenvalue weighted by Crippen LogP contribution is -2.27. The minimum absolute atomic E-state index is 0.117. The predicted molar refractivity (Wildman–Crippen MR) is 88.4 cm³/mol. The monoisotopic (exact) mass is 338 g/mol. The van der Waals surface area contributed by atoms with Crippen LogP contribution in [0.4, 0.5) is 10.1 Å². The molecule has 24 heavy (non-hydrogen) atoms. The van der Waals surface area contributed by atoms with Crippen molar-refractivity contribution in [2.75, 3.05) is 4.31 Å². The minimum atomic E-state index is -3.73. The van der Waals surface area contributed by atoms with Crippen molar-refractivity contribution in [3.8, 4) is 6.07 Å². The molecule has 6 heteroatoms. The van der Waals surface area contributed by atoms with Crippen LogP contribution in [-0.2, 0) is 16.6 Å². The van der Waals surface area contributed by atoms with Crippen LogP contribution < -0.4 is 4.31 Å². The molecule has 3 aromatic carbocycles. The third-order valence-electron chi connectivity index (χ3n) is 4.18. The third kappa shape index (κ3) is 1.99. The Morgan fingerprint density at radius 1 is 1.08 bits per heavy atom. The van der Waals surface area contributed by atoms with Crippen LogP contribution in [0.5, 0.6) is 0 Å². The summed E-state index contributed by atoms with van der Waals surface area (Å²) in [6, 6.07) is 16.4. The summed E-state index contributed by atoms with van der Waals surface area (Å²) in [6.07, 6.45) is 0. The SMILES string of the molecule is N#Cc1ccc(CN2c3cccc4cccc(c34)S2(=O)=O)c(F)c1. The van der Waals surface area contributed by atoms with Gasteiger partial charge in [-0.15, -0.1) is 0 Å². The standard InChI is InChI=1S/C18H11FN2O2S/c19-15-9-12(10-20)7-8-14(15)11-21-16-5-1-3-13-4-2-6-17(18(13)16)24(21,22)23/h1-9H,11H2. The minimum Gasteiger partial charge on any atom is -0.261 e. The topological polar surface area (TPSA) is 61.2 Å². The smallest absolute Gasteiger partial charge is 0.261 e. The van der Waals surface area contributed by atoms with Crippen LogP contribution >= 0.6 is 0 Å². The molecule has 1 aliphatic rings. The Morgan fingerprint density at radius 2 is 1.83 bits per heavy atom. The summed E-state index contributed by atoms with van der Waals surface area (Å²) in [4.78, 5) is 0.240. The van der Waals surface area contributed by atoms with Gasteiger partial charge in [-0.1, -0.05) is 30.3 Å². The molecule has 4 rings (SSSR count). The highest BCUT2D eigenvalue weighted by Crippen LogP contribution is 2.42. The summed E-state index contributed by atoms with van der Waals surface area (Å²) < 4.78 is 41.1. The van der Waals surface area contributed by atoms with E-state index in [1.807, 2.05) is 18.2 Å². The molecule has 0 fully saturated rings. The second kappa shape index (κ2) is 5.05. The van der Waals surface area contributed by atoms with Crippen molar-refractivity contribution in [3.63, 3.8) is 0 Å². The van der Waals surface area contributed by atoms with Gasteiger partial charge in [0.15, 0.2) is 0 Å². The van der Waals surface area contributed by atoms with Crippen molar-refractivity contribution in [1.82, 2.24) is 0 Å². The van der Waals surface area contributed by atoms with Gasteiger partial charge in [0.05, 0.1) is 28.8 Å². The molecule has 1 aliphatic heterocycles. The number of sulfonamides is 1. The van der Waals surface area contributed by atoms with Gasteiger partial charge in [-0.2, -0.15) is 5.26 Å². The molecule has 0 N–H and O–H groups in total. The van der Waals surface area contributed by atoms with Crippen LogP contribution in [-0.4, -0.2) is 8.42 Å². The van der Waals surface area contributed by atoms with Gasteiger partial charge in [0, 0.05) is 10.9 Å². The fraction of sp³-hybridized carbons (Fsp3) is 0.0556. The van der Waals surface area contributed by atoms with E-state index in [1.165, 1.54) is 16.4 Å². The Balaban J connectivity index is 1.86. The molecule has 1 heterocycles. The number of benzene rings is 3. The average Bonchev–Trinajstić information content (AvgIpc) is 2.80. The summed E-state index contributed by atoms with van der Waals surface area (Å²) in [5.74, 6) is -0.590. The second-order valence-corrected chi connectivity index (χ2v) is 7.39. The molecular weight excluding hydrogens is 327 g/mol. The molecule has 0 atom stereocenters. The van der Waals surface area contributed by atoms with Gasteiger partial charge in [-0.3, -0.25) is 4.31 Å². The van der Waals surface area contributed by atoms with Crippen LogP contribution in [0, 0.1) is 17.1 Å². The van der Waals surface area contributed by atoms with E-state index >= 15 is 0 Å². The molecule has 0 unspecified atom stereocenters. The summed E-state index contributed by atoms with van der Waals surface area (Å²) >= 11 is 0. The largest absolute Gasteiger partial charge is 0.265 e. The van der Waals surface area contributed by atoms with Crippen molar-refractivity contribution in [3.05, 3.63) is 71.5 Å². The molecular formula is C18H11FN2O2S. The van der Waals surface area contributed by atoms with E-state index in [-0.39, 0.29) is 22.6 Å². The van der Waals surface area contributed by atoms with Crippen LogP contribution in [0.2, 0.25) is 0 Å². The molecule has 0 saturated carbocycles. The number of nitriles is 1. The highest BCUT2D eigenvalue weighted by atomic mass is 32.2. The fourth-order valence-electron chi connectivity index (χ4n) is 3.03. The van der Waals surface area contributed by atoms with Crippen molar-refractivity contribution in [2.45, 2.75) is 11.4 Å². The lowest BCUT2D eigenvalue weighted by atomic mass is 10.1. The summed E-state index contributed by atoms with van der Waals surface area (Å²) in [7, 11) is -3.73. The fourth-order valence-corrected chi connectivity index (χ4v) is 4.72. The van der Waals surface area contributed by atoms with E-state index in [4.69, 9.17) is 5.26 Å². The van der Waals surface area contributed by atoms with Gasteiger partial charge in [0.2, 0.25) is 0 Å². The van der Waals surface area contributed by atoms with Gasteiger partial charge in [0.1, 0.15) is 5.82 Å². The summed E-state index contributed by atoms with van der Waals surface area (Å²) in [5.41, 5.74) is 0.972. The van der Waals surface area contributed by atoms with E-state index in [2.05, 4.69) is 0 Å². The van der Waals surface area contributed by atoms with Gasteiger partial charge >= 0.3 is 0 Å². The van der Waals surface area contributed by atoms with Crippen LogP contribution in [0.3, 0.4) is 0 Å². The van der Waals surface area contributed by atoms with Gasteiger partial charge in [-0.05, 0) is 29.7 Å². The molecule has 118 valence electrons. The van der Waals surface area contributed by atoms with E-state index in [1.54, 1.807) is 24.3 Å². The number of anilines is 1. The van der Waals surface area contributed by atoms with E-state index < -0.39 is 15.8 Å². The van der Waals surface area contributed by atoms with Crippen molar-refractivity contribution in [1.29, 1.82) is 5.26 Å². The molecule has 0 aliphatic carbocycles. The van der Waals surface area contributed by atoms with Crippen LogP contribution in [0.15, 0.2) is 59.5 Å². The molecule has 4 nitrogen and oxygen atoms in total.